The number of rotatable bonds is 5. The molecule has 1 aliphatic rings. The number of amides is 2. The molecular weight excluding hydrogens is 334 g/mol. The quantitative estimate of drug-likeness (QED) is 0.841. The predicted molar refractivity (Wildman–Crippen MR) is 100 cm³/mol. The largest absolute Gasteiger partial charge is 0.497 e. The van der Waals surface area contributed by atoms with Gasteiger partial charge in [0, 0.05) is 30.9 Å². The number of hydrogen-bond donors (Lipinski definition) is 2. The van der Waals surface area contributed by atoms with Crippen LogP contribution in [0.5, 0.6) is 5.75 Å². The molecule has 0 atom stereocenters. The Bertz CT molecular complexity index is 619. The van der Waals surface area contributed by atoms with Crippen LogP contribution < -0.4 is 15.4 Å². The van der Waals surface area contributed by atoms with Crippen molar-refractivity contribution in [3.05, 3.63) is 24.3 Å². The van der Waals surface area contributed by atoms with Gasteiger partial charge in [0.25, 0.3) is 0 Å². The van der Waals surface area contributed by atoms with E-state index < -0.39 is 5.60 Å². The van der Waals surface area contributed by atoms with Gasteiger partial charge in [0.05, 0.1) is 13.7 Å². The Kier molecular flexibility index (Phi) is 6.85. The first kappa shape index (κ1) is 20.0. The van der Waals surface area contributed by atoms with Crippen LogP contribution in [0.2, 0.25) is 0 Å². The molecule has 0 spiro atoms. The van der Waals surface area contributed by atoms with Crippen molar-refractivity contribution in [2.24, 2.45) is 0 Å². The first-order chi connectivity index (χ1) is 12.2. The molecule has 2 N–H and O–H groups in total. The second-order valence-corrected chi connectivity index (χ2v) is 7.48. The molecule has 0 radical (unpaired) electrons. The average molecular weight is 363 g/mol. The van der Waals surface area contributed by atoms with Crippen LogP contribution in [0.25, 0.3) is 0 Å². The minimum Gasteiger partial charge on any atom is -0.497 e. The molecule has 7 heteroatoms. The molecule has 7 nitrogen and oxygen atoms in total. The summed E-state index contributed by atoms with van der Waals surface area (Å²) in [6, 6.07) is 7.37. The molecule has 2 amide bonds. The smallest absolute Gasteiger partial charge is 0.407 e. The zero-order chi connectivity index (χ0) is 19.2. The zero-order valence-corrected chi connectivity index (χ0v) is 16.0. The van der Waals surface area contributed by atoms with Crippen LogP contribution in [-0.2, 0) is 9.53 Å². The molecule has 1 aromatic rings. The fourth-order valence-corrected chi connectivity index (χ4v) is 2.81. The molecule has 0 bridgehead atoms. The van der Waals surface area contributed by atoms with Crippen molar-refractivity contribution in [2.45, 2.75) is 45.3 Å². The highest BCUT2D eigenvalue weighted by Gasteiger charge is 2.24. The van der Waals surface area contributed by atoms with Crippen LogP contribution in [0.3, 0.4) is 0 Å². The van der Waals surface area contributed by atoms with Crippen LogP contribution >= 0.6 is 0 Å². The molecule has 1 aliphatic heterocycles. The zero-order valence-electron chi connectivity index (χ0n) is 16.0. The molecule has 0 aliphatic carbocycles. The van der Waals surface area contributed by atoms with Gasteiger partial charge in [-0.05, 0) is 45.7 Å². The molecule has 26 heavy (non-hydrogen) atoms. The molecule has 1 aromatic carbocycles. The highest BCUT2D eigenvalue weighted by Crippen LogP contribution is 2.17. The molecule has 1 saturated heterocycles. The van der Waals surface area contributed by atoms with Crippen molar-refractivity contribution < 1.29 is 19.1 Å². The number of alkyl carbamates (subject to hydrolysis) is 1. The van der Waals surface area contributed by atoms with Crippen LogP contribution in [-0.4, -0.2) is 55.3 Å². The second-order valence-electron chi connectivity index (χ2n) is 7.48. The Morgan fingerprint density at radius 3 is 2.54 bits per heavy atom. The molecule has 1 fully saturated rings. The van der Waals surface area contributed by atoms with Gasteiger partial charge in [0.15, 0.2) is 0 Å². The molecule has 0 unspecified atom stereocenters. The number of methoxy groups -OCH3 is 1. The van der Waals surface area contributed by atoms with Gasteiger partial charge < -0.3 is 20.1 Å². The fraction of sp³-hybridized carbons (Fsp3) is 0.579. The van der Waals surface area contributed by atoms with Crippen LogP contribution in [0.1, 0.15) is 33.6 Å². The lowest BCUT2D eigenvalue weighted by Gasteiger charge is -2.32. The Labute approximate surface area is 155 Å². The topological polar surface area (TPSA) is 79.9 Å². The number of nitrogens with zero attached hydrogens (tertiary/aromatic N) is 1. The Morgan fingerprint density at radius 2 is 1.92 bits per heavy atom. The summed E-state index contributed by atoms with van der Waals surface area (Å²) in [5.74, 6) is 0.647. The number of likely N-dealkylation sites (tertiary alicyclic amines) is 1. The summed E-state index contributed by atoms with van der Waals surface area (Å²) in [6.45, 7) is 7.37. The first-order valence-corrected chi connectivity index (χ1v) is 8.91. The summed E-state index contributed by atoms with van der Waals surface area (Å²) in [5, 5.41) is 5.78. The predicted octanol–water partition coefficient (Wildman–Crippen LogP) is 2.62. The van der Waals surface area contributed by atoms with E-state index in [1.165, 1.54) is 0 Å². The molecule has 1 heterocycles. The fourth-order valence-electron chi connectivity index (χ4n) is 2.81. The van der Waals surface area contributed by atoms with Crippen molar-refractivity contribution in [2.75, 3.05) is 32.1 Å². The van der Waals surface area contributed by atoms with Crippen LogP contribution in [0.15, 0.2) is 24.3 Å². The number of anilines is 1. The van der Waals surface area contributed by atoms with E-state index in [0.29, 0.717) is 12.3 Å². The van der Waals surface area contributed by atoms with E-state index in [1.54, 1.807) is 13.2 Å². The molecular formula is C19H29N3O4. The number of ether oxygens (including phenoxy) is 2. The molecule has 0 aromatic heterocycles. The number of benzene rings is 1. The maximum absolute atomic E-state index is 12.2. The van der Waals surface area contributed by atoms with Gasteiger partial charge in [-0.1, -0.05) is 6.07 Å². The molecule has 2 rings (SSSR count). The lowest BCUT2D eigenvalue weighted by atomic mass is 10.1. The van der Waals surface area contributed by atoms with Crippen molar-refractivity contribution in [1.29, 1.82) is 0 Å². The lowest BCUT2D eigenvalue weighted by molar-refractivity contribution is -0.117. The standard InChI is InChI=1S/C19H29N3O4/c1-19(2,3)26-18(24)21-14-8-10-22(11-9-14)13-17(23)20-15-6-5-7-16(12-15)25-4/h5-7,12,14H,8-11,13H2,1-4H3,(H,20,23)(H,21,24). The maximum Gasteiger partial charge on any atom is 0.407 e. The van der Waals surface area contributed by atoms with Crippen LogP contribution in [0, 0.1) is 0 Å². The Morgan fingerprint density at radius 1 is 1.23 bits per heavy atom. The van der Waals surface area contributed by atoms with Crippen molar-refractivity contribution in [1.82, 2.24) is 10.2 Å². The maximum atomic E-state index is 12.2. The number of carbonyl (C=O) groups excluding carboxylic acids is 2. The van der Waals surface area contributed by atoms with E-state index in [9.17, 15) is 9.59 Å². The minimum atomic E-state index is -0.497. The number of hydrogen-bond acceptors (Lipinski definition) is 5. The summed E-state index contributed by atoms with van der Waals surface area (Å²) < 4.78 is 10.4. The van der Waals surface area contributed by atoms with E-state index in [1.807, 2.05) is 39.0 Å². The van der Waals surface area contributed by atoms with E-state index in [0.717, 1.165) is 31.6 Å². The van der Waals surface area contributed by atoms with Gasteiger partial charge >= 0.3 is 6.09 Å². The van der Waals surface area contributed by atoms with E-state index in [4.69, 9.17) is 9.47 Å². The second kappa shape index (κ2) is 8.89. The summed E-state index contributed by atoms with van der Waals surface area (Å²) in [7, 11) is 1.59. The third-order valence-electron chi connectivity index (χ3n) is 4.03. The Hall–Kier alpha value is -2.28. The number of carbonyl (C=O) groups is 2. The minimum absolute atomic E-state index is 0.0585. The third kappa shape index (κ3) is 6.92. The first-order valence-electron chi connectivity index (χ1n) is 8.91. The summed E-state index contributed by atoms with van der Waals surface area (Å²) in [5.41, 5.74) is 0.221. The van der Waals surface area contributed by atoms with Gasteiger partial charge in [0.1, 0.15) is 11.4 Å². The summed E-state index contributed by atoms with van der Waals surface area (Å²) in [6.07, 6.45) is 1.21. The van der Waals surface area contributed by atoms with E-state index >= 15 is 0 Å². The van der Waals surface area contributed by atoms with E-state index in [-0.39, 0.29) is 18.0 Å². The highest BCUT2D eigenvalue weighted by molar-refractivity contribution is 5.92. The molecule has 0 saturated carbocycles. The summed E-state index contributed by atoms with van der Waals surface area (Å²) in [4.78, 5) is 26.1. The van der Waals surface area contributed by atoms with Gasteiger partial charge in [-0.25, -0.2) is 4.79 Å². The van der Waals surface area contributed by atoms with Gasteiger partial charge in [-0.2, -0.15) is 0 Å². The van der Waals surface area contributed by atoms with Gasteiger partial charge in [-0.3, -0.25) is 9.69 Å². The Balaban J connectivity index is 1.72. The van der Waals surface area contributed by atoms with Crippen LogP contribution in [0.4, 0.5) is 10.5 Å². The normalized spacial score (nSPS) is 16.0. The number of nitrogens with one attached hydrogen (secondary N) is 2. The van der Waals surface area contributed by atoms with Gasteiger partial charge in [-0.15, -0.1) is 0 Å². The lowest BCUT2D eigenvalue weighted by Crippen LogP contribution is -2.47. The average Bonchev–Trinajstić information content (AvgIpc) is 2.55. The van der Waals surface area contributed by atoms with Crippen molar-refractivity contribution >= 4 is 17.7 Å². The van der Waals surface area contributed by atoms with Crippen molar-refractivity contribution in [3.8, 4) is 5.75 Å². The summed E-state index contributed by atoms with van der Waals surface area (Å²) >= 11 is 0. The van der Waals surface area contributed by atoms with E-state index in [2.05, 4.69) is 15.5 Å². The van der Waals surface area contributed by atoms with Crippen molar-refractivity contribution in [3.63, 3.8) is 0 Å². The molecule has 144 valence electrons. The number of piperidine rings is 1. The third-order valence-corrected chi connectivity index (χ3v) is 4.03. The highest BCUT2D eigenvalue weighted by atomic mass is 16.6. The SMILES string of the molecule is COc1cccc(NC(=O)CN2CCC(NC(=O)OC(C)(C)C)CC2)c1. The van der Waals surface area contributed by atoms with Gasteiger partial charge in [0.2, 0.25) is 5.91 Å². The monoisotopic (exact) mass is 363 g/mol.